The second kappa shape index (κ2) is 8.23. The van der Waals surface area contributed by atoms with Crippen molar-refractivity contribution >= 4 is 11.9 Å². The molecule has 1 aliphatic rings. The van der Waals surface area contributed by atoms with Crippen molar-refractivity contribution in [1.29, 1.82) is 0 Å². The topological polar surface area (TPSA) is 103 Å². The highest BCUT2D eigenvalue weighted by molar-refractivity contribution is 5.78. The molecule has 3 N–H and O–H groups in total. The van der Waals surface area contributed by atoms with Crippen LogP contribution in [0, 0.1) is 0 Å². The van der Waals surface area contributed by atoms with Crippen LogP contribution in [-0.4, -0.2) is 54.1 Å². The fraction of sp³-hybridized carbons (Fsp3) is 0.524. The molecule has 2 heterocycles. The largest absolute Gasteiger partial charge is 0.493 e. The van der Waals surface area contributed by atoms with Gasteiger partial charge in [-0.25, -0.2) is 4.79 Å². The zero-order chi connectivity index (χ0) is 21.2. The van der Waals surface area contributed by atoms with Gasteiger partial charge in [0.25, 0.3) is 0 Å². The molecule has 0 radical (unpaired) electrons. The van der Waals surface area contributed by atoms with Crippen LogP contribution in [0.5, 0.6) is 11.5 Å². The molecule has 8 heteroatoms. The molecule has 8 nitrogen and oxygen atoms in total. The van der Waals surface area contributed by atoms with Crippen LogP contribution in [0.3, 0.4) is 0 Å². The van der Waals surface area contributed by atoms with Gasteiger partial charge in [0, 0.05) is 24.6 Å². The molecule has 0 bridgehead atoms. The number of carbonyl (C=O) groups is 1. The van der Waals surface area contributed by atoms with Crippen molar-refractivity contribution in [2.45, 2.75) is 45.1 Å². The van der Waals surface area contributed by atoms with E-state index in [-0.39, 0.29) is 12.0 Å². The average molecular weight is 402 g/mol. The minimum atomic E-state index is -0.495. The number of hydrogen-bond donors (Lipinski definition) is 2. The van der Waals surface area contributed by atoms with E-state index in [0.717, 1.165) is 29.7 Å². The number of methoxy groups -OCH3 is 2. The quantitative estimate of drug-likeness (QED) is 0.807. The Morgan fingerprint density at radius 3 is 2.41 bits per heavy atom. The minimum Gasteiger partial charge on any atom is -0.493 e. The number of amides is 1. The summed E-state index contributed by atoms with van der Waals surface area (Å²) in [6.45, 7) is 6.87. The van der Waals surface area contributed by atoms with Crippen molar-refractivity contribution in [3.63, 3.8) is 0 Å². The molecule has 0 spiro atoms. The Bertz CT molecular complexity index is 864. The summed E-state index contributed by atoms with van der Waals surface area (Å²) in [5.74, 6) is 2.01. The number of nitrogens with two attached hydrogens (primary N) is 1. The number of piperidine rings is 1. The summed E-state index contributed by atoms with van der Waals surface area (Å²) in [7, 11) is 3.21. The molecule has 2 aromatic rings. The smallest absolute Gasteiger partial charge is 0.410 e. The summed E-state index contributed by atoms with van der Waals surface area (Å²) in [4.78, 5) is 14.1. The Morgan fingerprint density at radius 2 is 1.83 bits per heavy atom. The monoisotopic (exact) mass is 402 g/mol. The zero-order valence-electron chi connectivity index (χ0n) is 17.7. The fourth-order valence-electron chi connectivity index (χ4n) is 3.62. The van der Waals surface area contributed by atoms with Crippen molar-refractivity contribution in [1.82, 2.24) is 15.1 Å². The van der Waals surface area contributed by atoms with Crippen LogP contribution in [0.2, 0.25) is 0 Å². The van der Waals surface area contributed by atoms with Gasteiger partial charge in [0.2, 0.25) is 0 Å². The number of carbonyl (C=O) groups excluding carboxylic acids is 1. The number of ether oxygens (including phenoxy) is 3. The van der Waals surface area contributed by atoms with Gasteiger partial charge in [-0.3, -0.25) is 5.10 Å². The van der Waals surface area contributed by atoms with E-state index in [4.69, 9.17) is 19.9 Å². The molecule has 1 aromatic carbocycles. The molecule has 0 unspecified atom stereocenters. The van der Waals surface area contributed by atoms with Crippen LogP contribution in [0.4, 0.5) is 10.6 Å². The van der Waals surface area contributed by atoms with Gasteiger partial charge in [-0.1, -0.05) is 6.07 Å². The predicted molar refractivity (Wildman–Crippen MR) is 111 cm³/mol. The third-order valence-corrected chi connectivity index (χ3v) is 5.03. The average Bonchev–Trinajstić information content (AvgIpc) is 3.07. The standard InChI is InChI=1S/C21H30N4O4/c1-21(2,3)29-20(26)25-10-8-13(9-11-25)18-17(19(22)24-23-18)14-6-7-15(27-4)16(12-14)28-5/h6-7,12-13H,8-11H2,1-5H3,(H3,22,23,24). The van der Waals surface area contributed by atoms with E-state index < -0.39 is 5.60 Å². The van der Waals surface area contributed by atoms with Gasteiger partial charge in [-0.05, 0) is 51.3 Å². The molecule has 0 aliphatic carbocycles. The molecule has 1 aliphatic heterocycles. The lowest BCUT2D eigenvalue weighted by atomic mass is 9.89. The van der Waals surface area contributed by atoms with Gasteiger partial charge in [-0.2, -0.15) is 5.10 Å². The van der Waals surface area contributed by atoms with Crippen molar-refractivity contribution < 1.29 is 19.0 Å². The number of rotatable bonds is 4. The van der Waals surface area contributed by atoms with Crippen LogP contribution >= 0.6 is 0 Å². The van der Waals surface area contributed by atoms with Crippen molar-refractivity contribution in [3.05, 3.63) is 23.9 Å². The Hall–Kier alpha value is -2.90. The summed E-state index contributed by atoms with van der Waals surface area (Å²) in [6.07, 6.45) is 1.32. The van der Waals surface area contributed by atoms with Gasteiger partial charge in [0.05, 0.1) is 19.9 Å². The lowest BCUT2D eigenvalue weighted by Crippen LogP contribution is -2.41. The van der Waals surface area contributed by atoms with Crippen LogP contribution in [0.25, 0.3) is 11.1 Å². The number of hydrogen-bond acceptors (Lipinski definition) is 6. The maximum atomic E-state index is 12.3. The number of anilines is 1. The van der Waals surface area contributed by atoms with E-state index in [1.54, 1.807) is 19.1 Å². The highest BCUT2D eigenvalue weighted by Crippen LogP contribution is 2.40. The Morgan fingerprint density at radius 1 is 1.17 bits per heavy atom. The first-order chi connectivity index (χ1) is 13.7. The van der Waals surface area contributed by atoms with Crippen molar-refractivity contribution in [3.8, 4) is 22.6 Å². The Balaban J connectivity index is 1.78. The van der Waals surface area contributed by atoms with Crippen LogP contribution in [0.1, 0.15) is 45.2 Å². The number of nitrogens with one attached hydrogen (secondary N) is 1. The Labute approximate surface area is 171 Å². The molecule has 1 aromatic heterocycles. The first-order valence-electron chi connectivity index (χ1n) is 9.77. The van der Waals surface area contributed by atoms with Gasteiger partial charge in [0.1, 0.15) is 11.4 Å². The molecular weight excluding hydrogens is 372 g/mol. The van der Waals surface area contributed by atoms with E-state index >= 15 is 0 Å². The third-order valence-electron chi connectivity index (χ3n) is 5.03. The predicted octanol–water partition coefficient (Wildman–Crippen LogP) is 3.79. The SMILES string of the molecule is COc1ccc(-c2c(C3CCN(C(=O)OC(C)(C)C)CC3)n[nH]c2N)cc1OC. The second-order valence-corrected chi connectivity index (χ2v) is 8.21. The number of likely N-dealkylation sites (tertiary alicyclic amines) is 1. The second-order valence-electron chi connectivity index (χ2n) is 8.21. The molecule has 1 saturated heterocycles. The molecule has 1 amide bonds. The molecule has 29 heavy (non-hydrogen) atoms. The Kier molecular flexibility index (Phi) is 5.91. The first-order valence-corrected chi connectivity index (χ1v) is 9.77. The number of H-pyrrole nitrogens is 1. The highest BCUT2D eigenvalue weighted by atomic mass is 16.6. The number of nitrogen functional groups attached to an aromatic ring is 1. The third kappa shape index (κ3) is 4.58. The van der Waals surface area contributed by atoms with E-state index in [1.165, 1.54) is 0 Å². The summed E-state index contributed by atoms with van der Waals surface area (Å²) < 4.78 is 16.2. The number of aromatic amines is 1. The summed E-state index contributed by atoms with van der Waals surface area (Å²) in [5, 5.41) is 7.40. The molecule has 0 atom stereocenters. The molecule has 0 saturated carbocycles. The number of benzene rings is 1. The van der Waals surface area contributed by atoms with Gasteiger partial charge < -0.3 is 24.8 Å². The molecule has 158 valence electrons. The summed E-state index contributed by atoms with van der Waals surface area (Å²) in [6, 6.07) is 5.71. The normalized spacial score (nSPS) is 15.3. The highest BCUT2D eigenvalue weighted by Gasteiger charge is 2.30. The maximum absolute atomic E-state index is 12.3. The van der Waals surface area contributed by atoms with Crippen molar-refractivity contribution in [2.75, 3.05) is 33.0 Å². The fourth-order valence-corrected chi connectivity index (χ4v) is 3.62. The van der Waals surface area contributed by atoms with Crippen molar-refractivity contribution in [2.24, 2.45) is 0 Å². The lowest BCUT2D eigenvalue weighted by Gasteiger charge is -2.33. The van der Waals surface area contributed by atoms with Crippen LogP contribution in [-0.2, 0) is 4.74 Å². The van der Waals surface area contributed by atoms with Gasteiger partial charge in [0.15, 0.2) is 11.5 Å². The maximum Gasteiger partial charge on any atom is 0.410 e. The van der Waals surface area contributed by atoms with Crippen LogP contribution < -0.4 is 15.2 Å². The van der Waals surface area contributed by atoms with Gasteiger partial charge in [-0.15, -0.1) is 0 Å². The van der Waals surface area contributed by atoms with Crippen LogP contribution in [0.15, 0.2) is 18.2 Å². The first kappa shape index (κ1) is 20.8. The molecule has 3 rings (SSSR count). The van der Waals surface area contributed by atoms with E-state index in [0.29, 0.717) is 30.4 Å². The zero-order valence-corrected chi connectivity index (χ0v) is 17.7. The van der Waals surface area contributed by atoms with Gasteiger partial charge >= 0.3 is 6.09 Å². The minimum absolute atomic E-state index is 0.199. The summed E-state index contributed by atoms with van der Waals surface area (Å²) >= 11 is 0. The van der Waals surface area contributed by atoms with E-state index in [9.17, 15) is 4.79 Å². The molecule has 1 fully saturated rings. The number of nitrogens with zero attached hydrogens (tertiary/aromatic N) is 2. The summed E-state index contributed by atoms with van der Waals surface area (Å²) in [5.41, 5.74) is 8.42. The molecular formula is C21H30N4O4. The number of aromatic nitrogens is 2. The lowest BCUT2D eigenvalue weighted by molar-refractivity contribution is 0.0204. The van der Waals surface area contributed by atoms with E-state index in [1.807, 2.05) is 39.0 Å². The van der Waals surface area contributed by atoms with E-state index in [2.05, 4.69) is 10.2 Å².